The summed E-state index contributed by atoms with van der Waals surface area (Å²) in [6.45, 7) is 11.3. The molecule has 1 N–H and O–H groups in total. The molecule has 0 aliphatic carbocycles. The van der Waals surface area contributed by atoms with Crippen LogP contribution in [0.2, 0.25) is 0 Å². The summed E-state index contributed by atoms with van der Waals surface area (Å²) >= 11 is 2.84. The first-order valence-electron chi connectivity index (χ1n) is 11.8. The molecule has 1 amide bonds. The Morgan fingerprint density at radius 3 is 2.54 bits per heavy atom. The van der Waals surface area contributed by atoms with Gasteiger partial charge in [-0.1, -0.05) is 81.1 Å². The van der Waals surface area contributed by atoms with E-state index in [1.54, 1.807) is 0 Å². The quantitative estimate of drug-likeness (QED) is 0.245. The van der Waals surface area contributed by atoms with E-state index in [0.29, 0.717) is 22.1 Å². The Kier molecular flexibility index (Phi) is 8.07. The average Bonchev–Trinajstić information content (AvgIpc) is 3.40. The number of anilines is 1. The van der Waals surface area contributed by atoms with Gasteiger partial charge in [0.1, 0.15) is 5.75 Å². The molecule has 0 spiro atoms. The molecule has 2 heterocycles. The largest absolute Gasteiger partial charge is 0.482 e. The topological polar surface area (TPSA) is 81.9 Å². The van der Waals surface area contributed by atoms with Crippen molar-refractivity contribution in [2.24, 2.45) is 5.92 Å². The van der Waals surface area contributed by atoms with Crippen LogP contribution in [-0.4, -0.2) is 31.4 Å². The second-order valence-corrected chi connectivity index (χ2v) is 11.1. The number of hydrogen-bond donors (Lipinski definition) is 1. The number of hydrogen-bond acceptors (Lipinski definition) is 7. The Hall–Kier alpha value is -2.91. The minimum atomic E-state index is -0.285. The van der Waals surface area contributed by atoms with Crippen LogP contribution in [0.3, 0.4) is 0 Å². The van der Waals surface area contributed by atoms with E-state index in [1.165, 1.54) is 23.1 Å². The number of nitrogens with one attached hydrogen (secondary N) is 1. The van der Waals surface area contributed by atoms with Crippen LogP contribution in [0.5, 0.6) is 5.75 Å². The minimum absolute atomic E-state index is 0.120. The monoisotopic (exact) mass is 509 g/mol. The van der Waals surface area contributed by atoms with Crippen molar-refractivity contribution in [2.45, 2.75) is 58.3 Å². The molecular formula is C26H31N5O2S2. The van der Waals surface area contributed by atoms with E-state index in [-0.39, 0.29) is 17.8 Å². The predicted octanol–water partition coefficient (Wildman–Crippen LogP) is 6.54. The number of carbonyl (C=O) groups is 1. The lowest BCUT2D eigenvalue weighted by molar-refractivity contribution is -0.113. The molecule has 0 saturated carbocycles. The van der Waals surface area contributed by atoms with Crippen LogP contribution in [0.15, 0.2) is 53.7 Å². The summed E-state index contributed by atoms with van der Waals surface area (Å²) in [4.78, 5) is 17.1. The minimum Gasteiger partial charge on any atom is -0.482 e. The van der Waals surface area contributed by atoms with Gasteiger partial charge in [-0.2, -0.15) is 0 Å². The van der Waals surface area contributed by atoms with E-state index in [2.05, 4.69) is 58.8 Å². The van der Waals surface area contributed by atoms with E-state index in [9.17, 15) is 4.79 Å². The molecule has 2 aromatic carbocycles. The summed E-state index contributed by atoms with van der Waals surface area (Å²) in [5, 5.41) is 13.1. The summed E-state index contributed by atoms with van der Waals surface area (Å²) in [6, 6.07) is 15.9. The molecule has 35 heavy (non-hydrogen) atoms. The summed E-state index contributed by atoms with van der Waals surface area (Å²) < 4.78 is 9.46. The van der Waals surface area contributed by atoms with Crippen LogP contribution in [0, 0.1) is 5.92 Å². The van der Waals surface area contributed by atoms with E-state index in [1.807, 2.05) is 49.4 Å². The first-order chi connectivity index (χ1) is 16.8. The molecule has 1 unspecified atom stereocenters. The highest BCUT2D eigenvalue weighted by atomic mass is 32.2. The SMILES string of the molecule is CC(C)Cn1c(SCC(=O)Nc2nc3ccccc3s2)nnc1C(C)Oc1ccccc1C(C)C. The number of aromatic nitrogens is 4. The van der Waals surface area contributed by atoms with Crippen LogP contribution >= 0.6 is 23.1 Å². The number of thioether (sulfide) groups is 1. The summed E-state index contributed by atoms with van der Waals surface area (Å²) in [6.07, 6.45) is -0.285. The van der Waals surface area contributed by atoms with Crippen molar-refractivity contribution in [3.05, 3.63) is 59.9 Å². The number of thiazole rings is 1. The lowest BCUT2D eigenvalue weighted by Gasteiger charge is -2.20. The third kappa shape index (κ3) is 6.21. The first kappa shape index (κ1) is 25.2. The molecule has 9 heteroatoms. The van der Waals surface area contributed by atoms with E-state index in [4.69, 9.17) is 4.74 Å². The van der Waals surface area contributed by atoms with E-state index in [0.717, 1.165) is 33.9 Å². The lowest BCUT2D eigenvalue weighted by atomic mass is 10.0. The highest BCUT2D eigenvalue weighted by molar-refractivity contribution is 7.99. The van der Waals surface area contributed by atoms with Crippen molar-refractivity contribution in [1.82, 2.24) is 19.7 Å². The third-order valence-electron chi connectivity index (χ3n) is 5.37. The van der Waals surface area contributed by atoms with Crippen molar-refractivity contribution >= 4 is 44.4 Å². The molecule has 1 atom stereocenters. The summed E-state index contributed by atoms with van der Waals surface area (Å²) in [5.41, 5.74) is 2.05. The number of benzene rings is 2. The maximum absolute atomic E-state index is 12.6. The van der Waals surface area contributed by atoms with Crippen LogP contribution in [0.25, 0.3) is 10.2 Å². The zero-order valence-corrected chi connectivity index (χ0v) is 22.3. The molecule has 4 rings (SSSR count). The molecule has 0 aliphatic heterocycles. The van der Waals surface area contributed by atoms with Gasteiger partial charge in [-0.25, -0.2) is 4.98 Å². The number of nitrogens with zero attached hydrogens (tertiary/aromatic N) is 4. The molecule has 0 aliphatic rings. The van der Waals surface area contributed by atoms with Crippen LogP contribution in [0.4, 0.5) is 5.13 Å². The van der Waals surface area contributed by atoms with E-state index < -0.39 is 0 Å². The summed E-state index contributed by atoms with van der Waals surface area (Å²) in [5.74, 6) is 2.45. The molecule has 7 nitrogen and oxygen atoms in total. The molecule has 4 aromatic rings. The molecule has 0 saturated heterocycles. The Morgan fingerprint density at radius 2 is 1.80 bits per heavy atom. The highest BCUT2D eigenvalue weighted by Gasteiger charge is 2.22. The van der Waals surface area contributed by atoms with Gasteiger partial charge in [0, 0.05) is 6.54 Å². The van der Waals surface area contributed by atoms with Gasteiger partial charge in [0.15, 0.2) is 22.2 Å². The maximum atomic E-state index is 12.6. The van der Waals surface area contributed by atoms with Gasteiger partial charge < -0.3 is 14.6 Å². The van der Waals surface area contributed by atoms with Crippen molar-refractivity contribution in [2.75, 3.05) is 11.1 Å². The number of amides is 1. The van der Waals surface area contributed by atoms with Gasteiger partial charge in [0.05, 0.1) is 16.0 Å². The van der Waals surface area contributed by atoms with Gasteiger partial charge >= 0.3 is 0 Å². The van der Waals surface area contributed by atoms with Gasteiger partial charge in [-0.3, -0.25) is 4.79 Å². The number of rotatable bonds is 10. The van der Waals surface area contributed by atoms with E-state index >= 15 is 0 Å². The Bertz CT molecular complexity index is 1260. The number of ether oxygens (including phenoxy) is 1. The van der Waals surface area contributed by atoms with Crippen molar-refractivity contribution in [3.8, 4) is 5.75 Å². The molecule has 184 valence electrons. The first-order valence-corrected chi connectivity index (χ1v) is 13.6. The fraction of sp³-hybridized carbons (Fsp3) is 0.385. The maximum Gasteiger partial charge on any atom is 0.236 e. The smallest absolute Gasteiger partial charge is 0.236 e. The van der Waals surface area contributed by atoms with Gasteiger partial charge in [-0.15, -0.1) is 10.2 Å². The second kappa shape index (κ2) is 11.2. The van der Waals surface area contributed by atoms with Gasteiger partial charge in [0.25, 0.3) is 0 Å². The summed E-state index contributed by atoms with van der Waals surface area (Å²) in [7, 11) is 0. The molecule has 0 fully saturated rings. The van der Waals surface area contributed by atoms with Crippen LogP contribution < -0.4 is 10.1 Å². The van der Waals surface area contributed by atoms with Crippen molar-refractivity contribution < 1.29 is 9.53 Å². The average molecular weight is 510 g/mol. The number of carbonyl (C=O) groups excluding carboxylic acids is 1. The van der Waals surface area contributed by atoms with Crippen LogP contribution in [-0.2, 0) is 11.3 Å². The zero-order valence-electron chi connectivity index (χ0n) is 20.7. The molecule has 0 radical (unpaired) electrons. The Balaban J connectivity index is 1.46. The Morgan fingerprint density at radius 1 is 1.06 bits per heavy atom. The molecule has 2 aromatic heterocycles. The van der Waals surface area contributed by atoms with Crippen molar-refractivity contribution in [3.63, 3.8) is 0 Å². The zero-order chi connectivity index (χ0) is 24.9. The third-order valence-corrected chi connectivity index (χ3v) is 7.29. The highest BCUT2D eigenvalue weighted by Crippen LogP contribution is 2.31. The second-order valence-electron chi connectivity index (χ2n) is 9.12. The van der Waals surface area contributed by atoms with Gasteiger partial charge in [0.2, 0.25) is 5.91 Å². The normalized spacial score (nSPS) is 12.4. The van der Waals surface area contributed by atoms with Crippen LogP contribution in [0.1, 0.15) is 58.0 Å². The number of para-hydroxylation sites is 2. The fourth-order valence-electron chi connectivity index (χ4n) is 3.76. The molecule has 0 bridgehead atoms. The predicted molar refractivity (Wildman–Crippen MR) is 143 cm³/mol. The molecular weight excluding hydrogens is 478 g/mol. The lowest BCUT2D eigenvalue weighted by Crippen LogP contribution is -2.17. The fourth-order valence-corrected chi connectivity index (χ4v) is 5.40. The van der Waals surface area contributed by atoms with Gasteiger partial charge in [-0.05, 0) is 42.5 Å². The standard InChI is InChI=1S/C26H31N5O2S2/c1-16(2)14-31-24(18(5)33-21-12-8-6-10-19(21)17(3)4)29-30-26(31)34-15-23(32)28-25-27-20-11-7-9-13-22(20)35-25/h6-13,16-18H,14-15H2,1-5H3,(H,27,28,32). The number of fused-ring (bicyclic) bond motifs is 1. The Labute approximate surface area is 214 Å². The van der Waals surface area contributed by atoms with Crippen molar-refractivity contribution in [1.29, 1.82) is 0 Å².